The molecule has 0 saturated heterocycles. The molecule has 1 aromatic carbocycles. The minimum absolute atomic E-state index is 0.631. The number of fused-ring (bicyclic) bond motifs is 1. The molecule has 2 nitrogen and oxygen atoms in total. The lowest BCUT2D eigenvalue weighted by molar-refractivity contribution is 0.420. The molecule has 0 unspecified atom stereocenters. The molecule has 14 heavy (non-hydrogen) atoms. The van der Waals surface area contributed by atoms with Crippen LogP contribution in [0, 0.1) is 0 Å². The first-order chi connectivity index (χ1) is 6.65. The number of aromatic nitrogens is 1. The topological polar surface area (TPSA) is 14.2 Å². The fourth-order valence-electron chi connectivity index (χ4n) is 1.36. The Morgan fingerprint density at radius 2 is 2.07 bits per heavy atom. The van der Waals surface area contributed by atoms with Gasteiger partial charge >= 0.3 is 0 Å². The van der Waals surface area contributed by atoms with Gasteiger partial charge in [0.05, 0.1) is 40.5 Å². The molecule has 0 aliphatic rings. The zero-order chi connectivity index (χ0) is 10.3. The first-order valence-electron chi connectivity index (χ1n) is 3.84. The summed E-state index contributed by atoms with van der Waals surface area (Å²) < 4.78 is 7.02. The Balaban J connectivity index is 2.91. The lowest BCUT2D eigenvalue weighted by Crippen LogP contribution is -1.84. The minimum Gasteiger partial charge on any atom is -0.496 e. The van der Waals surface area contributed by atoms with Gasteiger partial charge in [0.2, 0.25) is 0 Å². The van der Waals surface area contributed by atoms with Gasteiger partial charge in [0.15, 0.2) is 0 Å². The van der Waals surface area contributed by atoms with Crippen LogP contribution in [0.2, 0.25) is 10.2 Å². The van der Waals surface area contributed by atoms with Gasteiger partial charge in [-0.2, -0.15) is 0 Å². The molecule has 0 atom stereocenters. The predicted molar refractivity (Wildman–Crippen MR) is 67.9 cm³/mol. The van der Waals surface area contributed by atoms with Crippen molar-refractivity contribution in [2.45, 2.75) is 0 Å². The van der Waals surface area contributed by atoms with Gasteiger partial charge in [-0.05, 0) is 18.2 Å². The summed E-state index contributed by atoms with van der Waals surface area (Å²) in [5.74, 6) is 0.779. The highest BCUT2D eigenvalue weighted by atomic mass is 127. The van der Waals surface area contributed by atoms with Gasteiger partial charge in [-0.3, -0.25) is 2.78 Å². The largest absolute Gasteiger partial charge is 0.496 e. The molecule has 1 aromatic heterocycles. The van der Waals surface area contributed by atoms with Crippen LogP contribution < -0.4 is 4.74 Å². The van der Waals surface area contributed by atoms with Gasteiger partial charge < -0.3 is 4.74 Å². The molecule has 0 aliphatic carbocycles. The van der Waals surface area contributed by atoms with Gasteiger partial charge in [0.25, 0.3) is 0 Å². The summed E-state index contributed by atoms with van der Waals surface area (Å²) in [5.41, 5.74) is 0.886. The van der Waals surface area contributed by atoms with E-state index in [0.29, 0.717) is 10.2 Å². The maximum atomic E-state index is 6.06. The van der Waals surface area contributed by atoms with Crippen LogP contribution in [0.3, 0.4) is 0 Å². The van der Waals surface area contributed by atoms with Crippen molar-refractivity contribution in [3.63, 3.8) is 0 Å². The second kappa shape index (κ2) is 3.79. The number of benzene rings is 1. The van der Waals surface area contributed by atoms with Crippen LogP contribution in [0.1, 0.15) is 0 Å². The van der Waals surface area contributed by atoms with Crippen LogP contribution in [0.15, 0.2) is 18.2 Å². The van der Waals surface area contributed by atoms with Crippen molar-refractivity contribution in [3.05, 3.63) is 28.4 Å². The van der Waals surface area contributed by atoms with Crippen molar-refractivity contribution in [2.24, 2.45) is 0 Å². The van der Waals surface area contributed by atoms with Crippen LogP contribution in [0.5, 0.6) is 5.75 Å². The van der Waals surface area contributed by atoms with E-state index in [1.54, 1.807) is 16.0 Å². The second-order valence-electron chi connectivity index (χ2n) is 2.76. The Labute approximate surface area is 105 Å². The van der Waals surface area contributed by atoms with Crippen molar-refractivity contribution in [1.82, 2.24) is 2.78 Å². The number of nitrogens with zero attached hydrogens (tertiary/aromatic N) is 1. The fourth-order valence-corrected chi connectivity index (χ4v) is 2.61. The van der Waals surface area contributed by atoms with E-state index < -0.39 is 0 Å². The van der Waals surface area contributed by atoms with Crippen LogP contribution >= 0.6 is 46.1 Å². The van der Waals surface area contributed by atoms with E-state index in [-0.39, 0.29) is 0 Å². The third kappa shape index (κ3) is 1.47. The third-order valence-corrected chi connectivity index (χ3v) is 3.87. The zero-order valence-electron chi connectivity index (χ0n) is 7.22. The van der Waals surface area contributed by atoms with E-state index in [4.69, 9.17) is 27.9 Å². The standard InChI is InChI=1S/C9H6Cl2INO/c1-14-7-3-2-6(10)9-5(7)4-8(11)13(9)12/h2-4H,1H3. The van der Waals surface area contributed by atoms with E-state index in [1.165, 1.54) is 0 Å². The second-order valence-corrected chi connectivity index (χ2v) is 4.52. The maximum Gasteiger partial charge on any atom is 0.128 e. The van der Waals surface area contributed by atoms with Gasteiger partial charge in [0, 0.05) is 5.39 Å². The quantitative estimate of drug-likeness (QED) is 0.710. The van der Waals surface area contributed by atoms with Crippen LogP contribution in [0.4, 0.5) is 0 Å². The van der Waals surface area contributed by atoms with E-state index in [1.807, 2.05) is 12.1 Å². The first kappa shape index (κ1) is 10.4. The van der Waals surface area contributed by atoms with Crippen molar-refractivity contribution in [1.29, 1.82) is 0 Å². The predicted octanol–water partition coefficient (Wildman–Crippen LogP) is 4.15. The van der Waals surface area contributed by atoms with Crippen LogP contribution in [-0.2, 0) is 0 Å². The molecule has 0 N–H and O–H groups in total. The van der Waals surface area contributed by atoms with Crippen LogP contribution in [-0.4, -0.2) is 9.89 Å². The minimum atomic E-state index is 0.631. The lowest BCUT2D eigenvalue weighted by atomic mass is 10.2. The SMILES string of the molecule is COc1ccc(Cl)c2c1cc(Cl)n2I. The van der Waals surface area contributed by atoms with E-state index in [2.05, 4.69) is 22.9 Å². The average molecular weight is 342 g/mol. The van der Waals surface area contributed by atoms with Crippen molar-refractivity contribution < 1.29 is 4.74 Å². The molecule has 74 valence electrons. The highest BCUT2D eigenvalue weighted by Gasteiger charge is 2.12. The Bertz CT molecular complexity index is 495. The fraction of sp³-hybridized carbons (Fsp3) is 0.111. The Morgan fingerprint density at radius 3 is 2.71 bits per heavy atom. The Kier molecular flexibility index (Phi) is 2.81. The molecule has 0 radical (unpaired) electrons. The summed E-state index contributed by atoms with van der Waals surface area (Å²) in [6.07, 6.45) is 0. The Morgan fingerprint density at radius 1 is 1.36 bits per heavy atom. The van der Waals surface area contributed by atoms with E-state index in [0.717, 1.165) is 16.7 Å². The summed E-state index contributed by atoms with van der Waals surface area (Å²) in [6, 6.07) is 5.47. The molecule has 0 fully saturated rings. The zero-order valence-corrected chi connectivity index (χ0v) is 10.9. The van der Waals surface area contributed by atoms with Gasteiger partial charge in [-0.25, -0.2) is 0 Å². The summed E-state index contributed by atoms with van der Waals surface area (Å²) in [6.45, 7) is 0. The van der Waals surface area contributed by atoms with Crippen molar-refractivity contribution >= 4 is 57.0 Å². The van der Waals surface area contributed by atoms with Gasteiger partial charge in [-0.15, -0.1) is 0 Å². The van der Waals surface area contributed by atoms with Gasteiger partial charge in [0.1, 0.15) is 10.9 Å². The molecule has 2 rings (SSSR count). The lowest BCUT2D eigenvalue weighted by Gasteiger charge is -2.03. The summed E-state index contributed by atoms with van der Waals surface area (Å²) in [5, 5.41) is 2.23. The number of halogens is 3. The van der Waals surface area contributed by atoms with Crippen LogP contribution in [0.25, 0.3) is 10.9 Å². The summed E-state index contributed by atoms with van der Waals surface area (Å²) in [4.78, 5) is 0. The third-order valence-electron chi connectivity index (χ3n) is 2.00. The summed E-state index contributed by atoms with van der Waals surface area (Å²) >= 11 is 14.2. The average Bonchev–Trinajstić information content (AvgIpc) is 2.45. The number of hydrogen-bond donors (Lipinski definition) is 0. The molecular formula is C9H6Cl2INO. The monoisotopic (exact) mass is 341 g/mol. The van der Waals surface area contributed by atoms with Crippen molar-refractivity contribution in [2.75, 3.05) is 7.11 Å². The first-order valence-corrected chi connectivity index (χ1v) is 5.57. The van der Waals surface area contributed by atoms with E-state index >= 15 is 0 Å². The maximum absolute atomic E-state index is 6.06. The molecule has 0 saturated carbocycles. The number of rotatable bonds is 1. The van der Waals surface area contributed by atoms with Crippen molar-refractivity contribution in [3.8, 4) is 5.75 Å². The molecular weight excluding hydrogens is 336 g/mol. The van der Waals surface area contributed by atoms with E-state index in [9.17, 15) is 0 Å². The molecule has 0 bridgehead atoms. The molecule has 0 amide bonds. The summed E-state index contributed by atoms with van der Waals surface area (Å²) in [7, 11) is 1.63. The highest BCUT2D eigenvalue weighted by Crippen LogP contribution is 2.36. The molecule has 1 heterocycles. The Hall–Kier alpha value is -0.130. The molecule has 0 aliphatic heterocycles. The highest BCUT2D eigenvalue weighted by molar-refractivity contribution is 14.1. The number of ether oxygens (including phenoxy) is 1. The van der Waals surface area contributed by atoms with Gasteiger partial charge in [-0.1, -0.05) is 23.2 Å². The molecule has 5 heteroatoms. The smallest absolute Gasteiger partial charge is 0.128 e. The molecule has 2 aromatic rings. The molecule has 0 spiro atoms. The number of methoxy groups -OCH3 is 1. The normalized spacial score (nSPS) is 10.9. The number of hydrogen-bond acceptors (Lipinski definition) is 1.